The summed E-state index contributed by atoms with van der Waals surface area (Å²) in [6.45, 7) is 0.0612. The minimum absolute atomic E-state index is 0.103. The number of hydrogen-bond acceptors (Lipinski definition) is 9. The van der Waals surface area contributed by atoms with Gasteiger partial charge in [0, 0.05) is 21.9 Å². The van der Waals surface area contributed by atoms with Gasteiger partial charge in [-0.25, -0.2) is 9.97 Å². The smallest absolute Gasteiger partial charge is 0.233 e. The summed E-state index contributed by atoms with van der Waals surface area (Å²) in [5, 5.41) is 29.9. The molecule has 0 radical (unpaired) electrons. The lowest BCUT2D eigenvalue weighted by molar-refractivity contribution is 0.201. The Morgan fingerprint density at radius 3 is 2.33 bits per heavy atom. The lowest BCUT2D eigenvalue weighted by Crippen LogP contribution is -2.03. The van der Waals surface area contributed by atoms with E-state index in [1.165, 1.54) is 18.9 Å². The highest BCUT2D eigenvalue weighted by Crippen LogP contribution is 2.38. The van der Waals surface area contributed by atoms with E-state index in [1.54, 1.807) is 42.7 Å². The summed E-state index contributed by atoms with van der Waals surface area (Å²) in [7, 11) is 1.43. The molecule has 0 saturated heterocycles. The number of rotatable bonds is 9. The molecule has 0 fully saturated rings. The molecule has 0 amide bonds. The van der Waals surface area contributed by atoms with E-state index in [9.17, 15) is 10.5 Å². The molecular formula is C26H19ClN4O4S. The van der Waals surface area contributed by atoms with E-state index in [0.29, 0.717) is 44.3 Å². The number of nitriles is 2. The molecule has 2 heterocycles. The van der Waals surface area contributed by atoms with Crippen LogP contribution in [-0.4, -0.2) is 35.4 Å². The Kier molecular flexibility index (Phi) is 8.09. The topological polar surface area (TPSA) is 125 Å². The Bertz CT molecular complexity index is 1440. The molecule has 4 aromatic rings. The first-order valence-corrected chi connectivity index (χ1v) is 12.0. The molecule has 0 atom stereocenters. The van der Waals surface area contributed by atoms with Gasteiger partial charge in [0.1, 0.15) is 41.3 Å². The molecule has 2 aromatic heterocycles. The minimum Gasteiger partial charge on any atom is -0.491 e. The Morgan fingerprint density at radius 1 is 1.00 bits per heavy atom. The standard InChI is InChI=1S/C26H19ClN4O4S/c1-33-25-21(12-28)23(16-4-8-20(9-5-16)34-11-10-32)22(13-29)26(31-25)36-15-19-14-35-24(30-19)17-2-6-18(27)7-3-17/h2-9,14,32H,10-11,15H2,1H3. The molecule has 36 heavy (non-hydrogen) atoms. The zero-order valence-electron chi connectivity index (χ0n) is 19.1. The summed E-state index contributed by atoms with van der Waals surface area (Å²) in [5.41, 5.74) is 2.92. The number of aliphatic hydroxyl groups is 1. The first-order valence-electron chi connectivity index (χ1n) is 10.7. The number of aliphatic hydroxyl groups excluding tert-OH is 1. The normalized spacial score (nSPS) is 10.5. The summed E-state index contributed by atoms with van der Waals surface area (Å²) >= 11 is 7.24. The van der Waals surface area contributed by atoms with Crippen LogP contribution in [0, 0.1) is 22.7 Å². The number of pyridine rings is 1. The van der Waals surface area contributed by atoms with E-state index < -0.39 is 0 Å². The molecule has 180 valence electrons. The van der Waals surface area contributed by atoms with Crippen molar-refractivity contribution in [2.75, 3.05) is 20.3 Å². The van der Waals surface area contributed by atoms with Gasteiger partial charge >= 0.3 is 0 Å². The number of halogens is 1. The van der Waals surface area contributed by atoms with Crippen LogP contribution in [0.1, 0.15) is 16.8 Å². The largest absolute Gasteiger partial charge is 0.491 e. The number of nitrogens with zero attached hydrogens (tertiary/aromatic N) is 4. The quantitative estimate of drug-likeness (QED) is 0.287. The number of ether oxygens (including phenoxy) is 2. The van der Waals surface area contributed by atoms with Crippen LogP contribution in [-0.2, 0) is 5.75 Å². The molecule has 4 rings (SSSR count). The summed E-state index contributed by atoms with van der Waals surface area (Å²) < 4.78 is 16.4. The average Bonchev–Trinajstić information content (AvgIpc) is 3.39. The van der Waals surface area contributed by atoms with Crippen molar-refractivity contribution in [2.45, 2.75) is 10.8 Å². The lowest BCUT2D eigenvalue weighted by Gasteiger charge is -2.14. The van der Waals surface area contributed by atoms with Crippen LogP contribution < -0.4 is 9.47 Å². The van der Waals surface area contributed by atoms with Gasteiger partial charge in [-0.15, -0.1) is 0 Å². The number of benzene rings is 2. The van der Waals surface area contributed by atoms with Gasteiger partial charge in [0.05, 0.1) is 25.0 Å². The van der Waals surface area contributed by atoms with Crippen molar-refractivity contribution in [2.24, 2.45) is 0 Å². The van der Waals surface area contributed by atoms with Gasteiger partial charge in [0.25, 0.3) is 0 Å². The molecule has 0 saturated carbocycles. The maximum absolute atomic E-state index is 10.0. The van der Waals surface area contributed by atoms with Crippen LogP contribution in [0.2, 0.25) is 5.02 Å². The van der Waals surface area contributed by atoms with Gasteiger partial charge in [-0.3, -0.25) is 0 Å². The van der Waals surface area contributed by atoms with Crippen molar-refractivity contribution in [3.8, 4) is 46.3 Å². The van der Waals surface area contributed by atoms with Gasteiger partial charge < -0.3 is 19.0 Å². The fourth-order valence-corrected chi connectivity index (χ4v) is 4.40. The molecule has 0 spiro atoms. The third kappa shape index (κ3) is 5.45. The summed E-state index contributed by atoms with van der Waals surface area (Å²) in [4.78, 5) is 8.95. The first-order chi connectivity index (χ1) is 17.6. The zero-order valence-corrected chi connectivity index (χ0v) is 20.6. The molecule has 0 aliphatic rings. The van der Waals surface area contributed by atoms with E-state index in [1.807, 2.05) is 12.1 Å². The fraction of sp³-hybridized carbons (Fsp3) is 0.154. The number of methoxy groups -OCH3 is 1. The van der Waals surface area contributed by atoms with Crippen LogP contribution in [0.5, 0.6) is 11.6 Å². The van der Waals surface area contributed by atoms with Gasteiger partial charge in [-0.1, -0.05) is 35.5 Å². The highest BCUT2D eigenvalue weighted by molar-refractivity contribution is 7.98. The van der Waals surface area contributed by atoms with E-state index in [2.05, 4.69) is 22.1 Å². The van der Waals surface area contributed by atoms with Gasteiger partial charge in [0.15, 0.2) is 0 Å². The van der Waals surface area contributed by atoms with Gasteiger partial charge in [0.2, 0.25) is 11.8 Å². The van der Waals surface area contributed by atoms with Crippen LogP contribution in [0.25, 0.3) is 22.6 Å². The number of oxazole rings is 1. The maximum atomic E-state index is 10.0. The SMILES string of the molecule is COc1nc(SCc2coc(-c3ccc(Cl)cc3)n2)c(C#N)c(-c2ccc(OCCO)cc2)c1C#N. The summed E-state index contributed by atoms with van der Waals surface area (Å²) in [5.74, 6) is 1.51. The van der Waals surface area contributed by atoms with Crippen LogP contribution in [0.4, 0.5) is 0 Å². The van der Waals surface area contributed by atoms with E-state index >= 15 is 0 Å². The number of thioether (sulfide) groups is 1. The third-order valence-electron chi connectivity index (χ3n) is 5.05. The molecule has 0 aliphatic heterocycles. The van der Waals surface area contributed by atoms with Crippen molar-refractivity contribution in [3.05, 3.63) is 76.6 Å². The highest BCUT2D eigenvalue weighted by atomic mass is 35.5. The number of hydrogen-bond donors (Lipinski definition) is 1. The summed E-state index contributed by atoms with van der Waals surface area (Å²) in [6, 6.07) is 18.4. The highest BCUT2D eigenvalue weighted by Gasteiger charge is 2.23. The predicted molar refractivity (Wildman–Crippen MR) is 135 cm³/mol. The van der Waals surface area contributed by atoms with Gasteiger partial charge in [-0.2, -0.15) is 10.5 Å². The second-order valence-corrected chi connectivity index (χ2v) is 8.71. The van der Waals surface area contributed by atoms with Crippen molar-refractivity contribution < 1.29 is 19.0 Å². The van der Waals surface area contributed by atoms with Crippen LogP contribution >= 0.6 is 23.4 Å². The molecule has 1 N–H and O–H groups in total. The average molecular weight is 519 g/mol. The maximum Gasteiger partial charge on any atom is 0.233 e. The monoisotopic (exact) mass is 518 g/mol. The molecule has 10 heteroatoms. The van der Waals surface area contributed by atoms with Crippen molar-refractivity contribution in [1.29, 1.82) is 10.5 Å². The molecular weight excluding hydrogens is 500 g/mol. The fourth-order valence-electron chi connectivity index (χ4n) is 3.41. The molecule has 8 nitrogen and oxygen atoms in total. The van der Waals surface area contributed by atoms with Crippen LogP contribution in [0.15, 0.2) is 64.2 Å². The Morgan fingerprint density at radius 2 is 1.69 bits per heavy atom. The second kappa shape index (κ2) is 11.6. The zero-order chi connectivity index (χ0) is 25.5. The Labute approximate surface area is 216 Å². The third-order valence-corrected chi connectivity index (χ3v) is 6.31. The molecule has 0 aliphatic carbocycles. The van der Waals surface area contributed by atoms with Gasteiger partial charge in [-0.05, 0) is 42.0 Å². The molecule has 0 bridgehead atoms. The Balaban J connectivity index is 1.66. The van der Waals surface area contributed by atoms with Crippen molar-refractivity contribution in [3.63, 3.8) is 0 Å². The second-order valence-electron chi connectivity index (χ2n) is 7.31. The predicted octanol–water partition coefficient (Wildman–Crippen LogP) is 5.47. The first kappa shape index (κ1) is 25.1. The summed E-state index contributed by atoms with van der Waals surface area (Å²) in [6.07, 6.45) is 1.55. The molecule has 0 unspecified atom stereocenters. The minimum atomic E-state index is -0.103. The Hall–Kier alpha value is -4.02. The number of aromatic nitrogens is 2. The molecule has 2 aromatic carbocycles. The van der Waals surface area contributed by atoms with Crippen molar-refractivity contribution in [1.82, 2.24) is 9.97 Å². The van der Waals surface area contributed by atoms with E-state index in [4.69, 9.17) is 30.6 Å². The van der Waals surface area contributed by atoms with E-state index in [0.717, 1.165) is 5.56 Å². The van der Waals surface area contributed by atoms with Crippen LogP contribution in [0.3, 0.4) is 0 Å². The van der Waals surface area contributed by atoms with Crippen molar-refractivity contribution >= 4 is 23.4 Å². The lowest BCUT2D eigenvalue weighted by atomic mass is 9.97. The van der Waals surface area contributed by atoms with E-state index in [-0.39, 0.29) is 30.2 Å².